The summed E-state index contributed by atoms with van der Waals surface area (Å²) >= 11 is 10.7. The van der Waals surface area contributed by atoms with Crippen molar-refractivity contribution in [1.82, 2.24) is 15.2 Å². The van der Waals surface area contributed by atoms with Crippen molar-refractivity contribution in [2.75, 3.05) is 5.43 Å². The second-order valence-corrected chi connectivity index (χ2v) is 6.20. The van der Waals surface area contributed by atoms with Crippen LogP contribution in [-0.4, -0.2) is 21.4 Å². The molecule has 0 amide bonds. The van der Waals surface area contributed by atoms with E-state index in [9.17, 15) is 0 Å². The summed E-state index contributed by atoms with van der Waals surface area (Å²) in [5, 5.41) is 14.2. The van der Waals surface area contributed by atoms with Crippen LogP contribution in [0.15, 0.2) is 45.4 Å². The molecule has 2 N–H and O–H groups in total. The Morgan fingerprint density at radius 1 is 1.33 bits per heavy atom. The SMILES string of the molecule is Clc1ccc(-c2csc(N/N=C/c3[nH]ncc3Br)n2)cc1. The molecule has 0 saturated carbocycles. The lowest BCUT2D eigenvalue weighted by Gasteiger charge is -1.96. The van der Waals surface area contributed by atoms with Crippen LogP contribution < -0.4 is 5.43 Å². The van der Waals surface area contributed by atoms with Crippen molar-refractivity contribution < 1.29 is 0 Å². The van der Waals surface area contributed by atoms with Crippen LogP contribution in [0.1, 0.15) is 5.69 Å². The quantitative estimate of drug-likeness (QED) is 0.519. The van der Waals surface area contributed by atoms with E-state index in [0.29, 0.717) is 10.2 Å². The highest BCUT2D eigenvalue weighted by Gasteiger charge is 2.04. The Bertz CT molecular complexity index is 765. The lowest BCUT2D eigenvalue weighted by Crippen LogP contribution is -1.91. The monoisotopic (exact) mass is 381 g/mol. The summed E-state index contributed by atoms with van der Waals surface area (Å²) in [6.45, 7) is 0. The average Bonchev–Trinajstić information content (AvgIpc) is 3.10. The third-order valence-corrected chi connectivity index (χ3v) is 4.25. The summed E-state index contributed by atoms with van der Waals surface area (Å²) in [5.41, 5.74) is 5.59. The van der Waals surface area contributed by atoms with Gasteiger partial charge in [0.1, 0.15) is 0 Å². The van der Waals surface area contributed by atoms with Gasteiger partial charge in [0.2, 0.25) is 5.13 Å². The molecule has 0 radical (unpaired) electrons. The number of nitrogens with zero attached hydrogens (tertiary/aromatic N) is 3. The third-order valence-electron chi connectivity index (χ3n) is 2.62. The number of nitrogens with one attached hydrogen (secondary N) is 2. The number of anilines is 1. The standard InChI is InChI=1S/C13H9BrClN5S/c14-10-5-16-19-11(10)6-17-20-13-18-12(7-21-13)8-1-3-9(15)4-2-8/h1-7H,(H,16,19)(H,18,20)/b17-6+. The minimum Gasteiger partial charge on any atom is -0.276 e. The zero-order chi connectivity index (χ0) is 14.7. The van der Waals surface area contributed by atoms with E-state index in [4.69, 9.17) is 11.6 Å². The van der Waals surface area contributed by atoms with E-state index in [2.05, 4.69) is 41.6 Å². The fourth-order valence-electron chi connectivity index (χ4n) is 1.60. The average molecular weight is 383 g/mol. The molecule has 0 spiro atoms. The first-order valence-corrected chi connectivity index (χ1v) is 7.97. The molecular weight excluding hydrogens is 374 g/mol. The largest absolute Gasteiger partial charge is 0.276 e. The van der Waals surface area contributed by atoms with E-state index in [1.165, 1.54) is 11.3 Å². The van der Waals surface area contributed by atoms with E-state index < -0.39 is 0 Å². The Labute approximate surface area is 138 Å². The molecule has 0 saturated heterocycles. The van der Waals surface area contributed by atoms with Gasteiger partial charge in [-0.3, -0.25) is 10.5 Å². The molecule has 3 rings (SSSR count). The highest BCUT2D eigenvalue weighted by molar-refractivity contribution is 9.10. The van der Waals surface area contributed by atoms with Crippen LogP contribution in [0.2, 0.25) is 5.02 Å². The Morgan fingerprint density at radius 2 is 2.14 bits per heavy atom. The van der Waals surface area contributed by atoms with Crippen molar-refractivity contribution in [3.63, 3.8) is 0 Å². The molecule has 1 aromatic carbocycles. The van der Waals surface area contributed by atoms with Crippen molar-refractivity contribution in [1.29, 1.82) is 0 Å². The van der Waals surface area contributed by atoms with Crippen molar-refractivity contribution >= 4 is 50.2 Å². The molecule has 0 aliphatic rings. The minimum absolute atomic E-state index is 0.710. The molecule has 0 fully saturated rings. The van der Waals surface area contributed by atoms with Crippen LogP contribution >= 0.6 is 38.9 Å². The Hall–Kier alpha value is -1.70. The number of hydrogen-bond donors (Lipinski definition) is 2. The zero-order valence-corrected chi connectivity index (χ0v) is 13.7. The summed E-state index contributed by atoms with van der Waals surface area (Å²) < 4.78 is 0.856. The molecule has 0 bridgehead atoms. The Kier molecular flexibility index (Phi) is 4.33. The number of halogens is 2. The van der Waals surface area contributed by atoms with E-state index in [-0.39, 0.29) is 0 Å². The number of thiazole rings is 1. The molecule has 21 heavy (non-hydrogen) atoms. The van der Waals surface area contributed by atoms with Gasteiger partial charge in [-0.25, -0.2) is 4.98 Å². The van der Waals surface area contributed by atoms with Gasteiger partial charge in [0.15, 0.2) is 0 Å². The van der Waals surface area contributed by atoms with Crippen LogP contribution in [0.3, 0.4) is 0 Å². The van der Waals surface area contributed by atoms with Crippen LogP contribution in [0.5, 0.6) is 0 Å². The summed E-state index contributed by atoms with van der Waals surface area (Å²) in [7, 11) is 0. The third kappa shape index (κ3) is 3.49. The maximum atomic E-state index is 5.87. The number of hydrogen-bond acceptors (Lipinski definition) is 5. The topological polar surface area (TPSA) is 66.0 Å². The summed E-state index contributed by atoms with van der Waals surface area (Å²) in [6, 6.07) is 7.56. The molecule has 2 heterocycles. The normalized spacial score (nSPS) is 11.1. The summed E-state index contributed by atoms with van der Waals surface area (Å²) in [5.74, 6) is 0. The Balaban J connectivity index is 1.69. The van der Waals surface area contributed by atoms with Crippen molar-refractivity contribution in [3.8, 4) is 11.3 Å². The van der Waals surface area contributed by atoms with Gasteiger partial charge in [-0.2, -0.15) is 10.2 Å². The van der Waals surface area contributed by atoms with Gasteiger partial charge in [-0.15, -0.1) is 11.3 Å². The number of aromatic amines is 1. The predicted octanol–water partition coefficient (Wildman–Crippen LogP) is 4.40. The van der Waals surface area contributed by atoms with Gasteiger partial charge < -0.3 is 0 Å². The molecule has 0 aliphatic carbocycles. The van der Waals surface area contributed by atoms with Gasteiger partial charge in [-0.1, -0.05) is 23.7 Å². The lowest BCUT2D eigenvalue weighted by molar-refractivity contribution is 1.08. The van der Waals surface area contributed by atoms with Crippen molar-refractivity contribution in [2.45, 2.75) is 0 Å². The second-order valence-electron chi connectivity index (χ2n) is 4.05. The summed E-state index contributed by atoms with van der Waals surface area (Å²) in [6.07, 6.45) is 3.31. The highest BCUT2D eigenvalue weighted by Crippen LogP contribution is 2.25. The van der Waals surface area contributed by atoms with Gasteiger partial charge in [0.25, 0.3) is 0 Å². The smallest absolute Gasteiger partial charge is 0.203 e. The van der Waals surface area contributed by atoms with Crippen molar-refractivity contribution in [3.05, 3.63) is 51.0 Å². The summed E-state index contributed by atoms with van der Waals surface area (Å²) in [4.78, 5) is 4.46. The van der Waals surface area contributed by atoms with Gasteiger partial charge in [0, 0.05) is 16.0 Å². The van der Waals surface area contributed by atoms with E-state index in [0.717, 1.165) is 21.4 Å². The predicted molar refractivity (Wildman–Crippen MR) is 90.1 cm³/mol. The number of hydrazone groups is 1. The van der Waals surface area contributed by atoms with Crippen LogP contribution in [0, 0.1) is 0 Å². The first kappa shape index (κ1) is 14.2. The molecule has 0 unspecified atom stereocenters. The maximum Gasteiger partial charge on any atom is 0.203 e. The van der Waals surface area contributed by atoms with E-state index >= 15 is 0 Å². The molecular formula is C13H9BrClN5S. The highest BCUT2D eigenvalue weighted by atomic mass is 79.9. The van der Waals surface area contributed by atoms with E-state index in [1.54, 1.807) is 12.4 Å². The zero-order valence-electron chi connectivity index (χ0n) is 10.5. The first-order valence-electron chi connectivity index (χ1n) is 5.92. The van der Waals surface area contributed by atoms with Gasteiger partial charge in [0.05, 0.1) is 28.3 Å². The molecule has 5 nitrogen and oxygen atoms in total. The number of H-pyrrole nitrogens is 1. The van der Waals surface area contributed by atoms with Crippen molar-refractivity contribution in [2.24, 2.45) is 5.10 Å². The lowest BCUT2D eigenvalue weighted by atomic mass is 10.2. The molecule has 8 heteroatoms. The van der Waals surface area contributed by atoms with Gasteiger partial charge in [-0.05, 0) is 28.1 Å². The second kappa shape index (κ2) is 6.38. The fourth-order valence-corrected chi connectivity index (χ4v) is 2.69. The minimum atomic E-state index is 0.710. The molecule has 2 aromatic heterocycles. The molecule has 0 aliphatic heterocycles. The Morgan fingerprint density at radius 3 is 2.86 bits per heavy atom. The van der Waals surface area contributed by atoms with Gasteiger partial charge >= 0.3 is 0 Å². The first-order chi connectivity index (χ1) is 10.2. The number of rotatable bonds is 4. The molecule has 0 atom stereocenters. The maximum absolute atomic E-state index is 5.87. The van der Waals surface area contributed by atoms with Crippen LogP contribution in [-0.2, 0) is 0 Å². The number of aromatic nitrogens is 3. The molecule has 3 aromatic rings. The van der Waals surface area contributed by atoms with E-state index in [1.807, 2.05) is 29.6 Å². The molecule has 106 valence electrons. The van der Waals surface area contributed by atoms with Crippen LogP contribution in [0.25, 0.3) is 11.3 Å². The fraction of sp³-hybridized carbons (Fsp3) is 0. The van der Waals surface area contributed by atoms with Crippen LogP contribution in [0.4, 0.5) is 5.13 Å². The number of benzene rings is 1.